The molecule has 0 saturated carbocycles. The lowest BCUT2D eigenvalue weighted by Crippen LogP contribution is -2.46. The monoisotopic (exact) mass is 436 g/mol. The van der Waals surface area contributed by atoms with Gasteiger partial charge in [-0.2, -0.15) is 0 Å². The minimum absolute atomic E-state index is 0.156. The van der Waals surface area contributed by atoms with E-state index >= 15 is 0 Å². The Morgan fingerprint density at radius 3 is 2.56 bits per heavy atom. The molecule has 2 aliphatic heterocycles. The first-order valence-electron chi connectivity index (χ1n) is 11.0. The average molecular weight is 437 g/mol. The molecule has 0 aliphatic carbocycles. The number of primary amides is 1. The third-order valence-electron chi connectivity index (χ3n) is 6.14. The van der Waals surface area contributed by atoms with Gasteiger partial charge in [-0.25, -0.2) is 4.98 Å². The molecule has 0 bridgehead atoms. The van der Waals surface area contributed by atoms with E-state index in [2.05, 4.69) is 27.1 Å². The van der Waals surface area contributed by atoms with Crippen LogP contribution >= 0.6 is 0 Å². The Morgan fingerprint density at radius 2 is 1.88 bits per heavy atom. The Balaban J connectivity index is 1.50. The molecule has 32 heavy (non-hydrogen) atoms. The minimum atomic E-state index is -0.769. The quantitative estimate of drug-likeness (QED) is 0.708. The van der Waals surface area contributed by atoms with Gasteiger partial charge in [0.25, 0.3) is 0 Å². The van der Waals surface area contributed by atoms with E-state index in [0.717, 1.165) is 37.3 Å². The van der Waals surface area contributed by atoms with Crippen LogP contribution in [0.2, 0.25) is 0 Å². The third kappa shape index (κ3) is 4.71. The van der Waals surface area contributed by atoms with Crippen LogP contribution in [-0.2, 0) is 9.59 Å². The second-order valence-corrected chi connectivity index (χ2v) is 8.58. The van der Waals surface area contributed by atoms with Crippen molar-refractivity contribution in [2.75, 3.05) is 29.9 Å². The maximum absolute atomic E-state index is 13.1. The number of nitrogens with two attached hydrogens (primary N) is 1. The van der Waals surface area contributed by atoms with Gasteiger partial charge in [0, 0.05) is 32.0 Å². The number of hydrogen-bond donors (Lipinski definition) is 2. The standard InChI is InChI=1S/C23H28N6O3/c1-15-4-6-19(16-5-7-20(26-12-16)28-8-2-3-9-28)29(14-15)23(32)22(31)27-18-10-17(21(24)30)11-25-13-18/h5,7,10-13,15,19H,2-4,6,8-9,14H2,1H3,(H2,24,30)(H,27,31)/t15-,19+/m1/s1. The fourth-order valence-electron chi connectivity index (χ4n) is 4.41. The Bertz CT molecular complexity index is 1000. The number of rotatable bonds is 4. The lowest BCUT2D eigenvalue weighted by atomic mass is 9.90. The highest BCUT2D eigenvalue weighted by Crippen LogP contribution is 2.34. The first kappa shape index (κ1) is 21.7. The molecule has 0 aromatic carbocycles. The third-order valence-corrected chi connectivity index (χ3v) is 6.14. The van der Waals surface area contributed by atoms with Crippen LogP contribution < -0.4 is 16.0 Å². The van der Waals surface area contributed by atoms with Crippen molar-refractivity contribution < 1.29 is 14.4 Å². The van der Waals surface area contributed by atoms with Gasteiger partial charge in [0.2, 0.25) is 5.91 Å². The number of pyridine rings is 2. The van der Waals surface area contributed by atoms with E-state index in [9.17, 15) is 14.4 Å². The van der Waals surface area contributed by atoms with Crippen LogP contribution in [0.3, 0.4) is 0 Å². The number of aromatic nitrogens is 2. The summed E-state index contributed by atoms with van der Waals surface area (Å²) in [6, 6.07) is 5.21. The van der Waals surface area contributed by atoms with E-state index in [1.165, 1.54) is 31.3 Å². The zero-order chi connectivity index (χ0) is 22.7. The molecular weight excluding hydrogens is 408 g/mol. The summed E-state index contributed by atoms with van der Waals surface area (Å²) in [6.45, 7) is 4.60. The zero-order valence-electron chi connectivity index (χ0n) is 18.2. The number of carbonyl (C=O) groups is 3. The van der Waals surface area contributed by atoms with Gasteiger partial charge < -0.3 is 20.9 Å². The summed E-state index contributed by atoms with van der Waals surface area (Å²) >= 11 is 0. The highest BCUT2D eigenvalue weighted by atomic mass is 16.2. The SMILES string of the molecule is C[C@@H]1CC[C@@H](c2ccc(N3CCCC3)nc2)N(C(=O)C(=O)Nc2cncc(C(N)=O)c2)C1. The fourth-order valence-corrected chi connectivity index (χ4v) is 4.41. The van der Waals surface area contributed by atoms with Gasteiger partial charge in [-0.05, 0) is 49.3 Å². The zero-order valence-corrected chi connectivity index (χ0v) is 18.2. The van der Waals surface area contributed by atoms with Crippen LogP contribution in [0.25, 0.3) is 0 Å². The van der Waals surface area contributed by atoms with Crippen LogP contribution in [-0.4, -0.2) is 52.2 Å². The van der Waals surface area contributed by atoms with Gasteiger partial charge in [-0.3, -0.25) is 19.4 Å². The van der Waals surface area contributed by atoms with Gasteiger partial charge in [0.1, 0.15) is 5.82 Å². The Morgan fingerprint density at radius 1 is 1.09 bits per heavy atom. The number of carbonyl (C=O) groups excluding carboxylic acids is 3. The molecule has 3 amide bonds. The number of nitrogens with zero attached hydrogens (tertiary/aromatic N) is 4. The second-order valence-electron chi connectivity index (χ2n) is 8.58. The lowest BCUT2D eigenvalue weighted by Gasteiger charge is -2.38. The van der Waals surface area contributed by atoms with E-state index < -0.39 is 17.7 Å². The number of likely N-dealkylation sites (tertiary alicyclic amines) is 1. The maximum Gasteiger partial charge on any atom is 0.313 e. The molecule has 2 fully saturated rings. The first-order valence-corrected chi connectivity index (χ1v) is 11.0. The number of anilines is 2. The molecule has 2 aromatic heterocycles. The van der Waals surface area contributed by atoms with Crippen molar-refractivity contribution in [3.8, 4) is 0 Å². The van der Waals surface area contributed by atoms with Crippen molar-refractivity contribution >= 4 is 29.2 Å². The van der Waals surface area contributed by atoms with E-state index in [1.807, 2.05) is 18.3 Å². The van der Waals surface area contributed by atoms with Crippen molar-refractivity contribution in [1.82, 2.24) is 14.9 Å². The predicted octanol–water partition coefficient (Wildman–Crippen LogP) is 2.11. The summed E-state index contributed by atoms with van der Waals surface area (Å²) in [7, 11) is 0. The van der Waals surface area contributed by atoms with Gasteiger partial charge >= 0.3 is 11.8 Å². The Labute approximate surface area is 187 Å². The van der Waals surface area contributed by atoms with Crippen molar-refractivity contribution in [3.05, 3.63) is 47.9 Å². The van der Waals surface area contributed by atoms with Crippen LogP contribution in [0.1, 0.15) is 54.6 Å². The summed E-state index contributed by atoms with van der Waals surface area (Å²) in [4.78, 5) is 49.6. The molecule has 2 saturated heterocycles. The molecule has 168 valence electrons. The Hall–Kier alpha value is -3.49. The molecule has 2 aromatic rings. The number of piperidine rings is 1. The van der Waals surface area contributed by atoms with E-state index in [4.69, 9.17) is 5.73 Å². The summed E-state index contributed by atoms with van der Waals surface area (Å²) in [5, 5.41) is 2.54. The first-order chi connectivity index (χ1) is 15.4. The van der Waals surface area contributed by atoms with Gasteiger partial charge in [0.05, 0.1) is 23.5 Å². The van der Waals surface area contributed by atoms with E-state index in [-0.39, 0.29) is 17.3 Å². The minimum Gasteiger partial charge on any atom is -0.366 e. The van der Waals surface area contributed by atoms with Gasteiger partial charge in [-0.15, -0.1) is 0 Å². The molecule has 9 nitrogen and oxygen atoms in total. The fraction of sp³-hybridized carbons (Fsp3) is 0.435. The van der Waals surface area contributed by atoms with E-state index in [1.54, 1.807) is 4.90 Å². The molecule has 3 N–H and O–H groups in total. The van der Waals surface area contributed by atoms with Gasteiger partial charge in [0.15, 0.2) is 0 Å². The molecule has 4 heterocycles. The molecule has 2 atom stereocenters. The molecule has 9 heteroatoms. The summed E-state index contributed by atoms with van der Waals surface area (Å²) in [5.74, 6) is -0.800. The normalized spacial score (nSPS) is 20.8. The second kappa shape index (κ2) is 9.33. The highest BCUT2D eigenvalue weighted by molar-refractivity contribution is 6.39. The number of nitrogens with one attached hydrogen (secondary N) is 1. The number of amides is 3. The summed E-state index contributed by atoms with van der Waals surface area (Å²) < 4.78 is 0. The molecule has 4 rings (SSSR count). The molecule has 0 radical (unpaired) electrons. The van der Waals surface area contributed by atoms with Crippen LogP contribution in [0, 0.1) is 5.92 Å². The lowest BCUT2D eigenvalue weighted by molar-refractivity contribution is -0.146. The molecule has 0 unspecified atom stereocenters. The van der Waals surface area contributed by atoms with Crippen LogP contribution in [0.15, 0.2) is 36.8 Å². The average Bonchev–Trinajstić information content (AvgIpc) is 3.34. The van der Waals surface area contributed by atoms with Crippen molar-refractivity contribution in [1.29, 1.82) is 0 Å². The van der Waals surface area contributed by atoms with Crippen LogP contribution in [0.5, 0.6) is 0 Å². The smallest absolute Gasteiger partial charge is 0.313 e. The maximum atomic E-state index is 13.1. The van der Waals surface area contributed by atoms with Crippen molar-refractivity contribution in [3.63, 3.8) is 0 Å². The predicted molar refractivity (Wildman–Crippen MR) is 120 cm³/mol. The summed E-state index contributed by atoms with van der Waals surface area (Å²) in [5.41, 5.74) is 6.60. The van der Waals surface area contributed by atoms with E-state index in [0.29, 0.717) is 12.5 Å². The molecule has 2 aliphatic rings. The topological polar surface area (TPSA) is 122 Å². The number of hydrogen-bond acceptors (Lipinski definition) is 6. The highest BCUT2D eigenvalue weighted by Gasteiger charge is 2.34. The van der Waals surface area contributed by atoms with Gasteiger partial charge in [-0.1, -0.05) is 13.0 Å². The Kier molecular flexibility index (Phi) is 6.34. The molecule has 0 spiro atoms. The summed E-state index contributed by atoms with van der Waals surface area (Å²) in [6.07, 6.45) is 8.60. The van der Waals surface area contributed by atoms with Crippen molar-refractivity contribution in [2.45, 2.75) is 38.6 Å². The largest absolute Gasteiger partial charge is 0.366 e. The van der Waals surface area contributed by atoms with Crippen molar-refractivity contribution in [2.24, 2.45) is 11.7 Å². The molecular formula is C23H28N6O3. The van der Waals surface area contributed by atoms with Crippen LogP contribution in [0.4, 0.5) is 11.5 Å².